The Balaban J connectivity index is 1.29. The molecule has 0 spiro atoms. The number of carbonyl (C=O) groups is 1. The molecule has 32 heavy (non-hydrogen) atoms. The van der Waals surface area contributed by atoms with Crippen LogP contribution < -0.4 is 5.32 Å². The molecule has 0 unspecified atom stereocenters. The molecule has 0 radical (unpaired) electrons. The zero-order valence-corrected chi connectivity index (χ0v) is 18.1. The normalized spacial score (nSPS) is 11.2. The highest BCUT2D eigenvalue weighted by atomic mass is 35.5. The number of benzene rings is 2. The minimum atomic E-state index is -0.132. The largest absolute Gasteiger partial charge is 0.348 e. The fraction of sp³-hybridized carbons (Fsp3) is 0.120. The van der Waals surface area contributed by atoms with Crippen molar-refractivity contribution in [1.29, 1.82) is 0 Å². The molecular weight excluding hydrogens is 422 g/mol. The van der Waals surface area contributed by atoms with E-state index in [1.807, 2.05) is 49.4 Å². The summed E-state index contributed by atoms with van der Waals surface area (Å²) in [6, 6.07) is 17.5. The summed E-state index contributed by atoms with van der Waals surface area (Å²) in [4.78, 5) is 21.5. The number of hydrogen-bond donors (Lipinski definition) is 2. The number of fused-ring (bicyclic) bond motifs is 2. The third-order valence-electron chi connectivity index (χ3n) is 5.45. The van der Waals surface area contributed by atoms with Crippen molar-refractivity contribution >= 4 is 39.3 Å². The molecule has 7 heteroatoms. The lowest BCUT2D eigenvalue weighted by molar-refractivity contribution is 0.0950. The van der Waals surface area contributed by atoms with Crippen LogP contribution in [0.2, 0.25) is 5.02 Å². The van der Waals surface area contributed by atoms with Crippen molar-refractivity contribution in [1.82, 2.24) is 25.5 Å². The van der Waals surface area contributed by atoms with Gasteiger partial charge in [-0.05, 0) is 60.5 Å². The van der Waals surface area contributed by atoms with E-state index in [-0.39, 0.29) is 5.91 Å². The first-order valence-corrected chi connectivity index (χ1v) is 10.6. The van der Waals surface area contributed by atoms with Crippen molar-refractivity contribution in [3.05, 3.63) is 100 Å². The molecule has 0 saturated heterocycles. The van der Waals surface area contributed by atoms with Gasteiger partial charge in [0.2, 0.25) is 0 Å². The number of rotatable bonds is 5. The van der Waals surface area contributed by atoms with Crippen LogP contribution in [0.1, 0.15) is 32.9 Å². The lowest BCUT2D eigenvalue weighted by Crippen LogP contribution is -2.23. The minimum Gasteiger partial charge on any atom is -0.348 e. The number of aryl methyl sites for hydroxylation is 1. The third kappa shape index (κ3) is 4.18. The number of pyridine rings is 2. The molecule has 0 aliphatic heterocycles. The van der Waals surface area contributed by atoms with Crippen molar-refractivity contribution in [2.75, 3.05) is 0 Å². The molecule has 5 aromatic rings. The van der Waals surface area contributed by atoms with E-state index in [1.165, 1.54) is 0 Å². The highest BCUT2D eigenvalue weighted by Gasteiger charge is 2.09. The maximum Gasteiger partial charge on any atom is 0.251 e. The molecule has 2 N–H and O–H groups in total. The van der Waals surface area contributed by atoms with Gasteiger partial charge in [0.15, 0.2) is 0 Å². The van der Waals surface area contributed by atoms with E-state index in [1.54, 1.807) is 18.5 Å². The summed E-state index contributed by atoms with van der Waals surface area (Å²) < 4.78 is 0. The topological polar surface area (TPSA) is 83.6 Å². The van der Waals surface area contributed by atoms with E-state index in [0.717, 1.165) is 44.3 Å². The van der Waals surface area contributed by atoms with E-state index in [0.29, 0.717) is 23.6 Å². The summed E-state index contributed by atoms with van der Waals surface area (Å²) >= 11 is 6.07. The SMILES string of the molecule is Cc1n[nH]c2ccc(CNC(=O)c3ccnc(Cc4ccc5ncc(Cl)cc5c4)c3)cc12. The highest BCUT2D eigenvalue weighted by molar-refractivity contribution is 6.31. The predicted molar refractivity (Wildman–Crippen MR) is 126 cm³/mol. The standard InChI is InChI=1S/C25H20ClN5O/c1-15-22-10-17(3-5-24(22)31-30-15)13-29-25(32)18-6-7-27-21(12-18)9-16-2-4-23-19(8-16)11-20(26)14-28-23/h2-8,10-12,14H,9,13H2,1H3,(H,29,32)(H,30,31). The summed E-state index contributed by atoms with van der Waals surface area (Å²) in [5.74, 6) is -0.132. The van der Waals surface area contributed by atoms with Crippen LogP contribution in [0.4, 0.5) is 0 Å². The van der Waals surface area contributed by atoms with Crippen molar-refractivity contribution in [2.45, 2.75) is 19.9 Å². The van der Waals surface area contributed by atoms with Gasteiger partial charge in [-0.2, -0.15) is 5.10 Å². The number of nitrogens with one attached hydrogen (secondary N) is 2. The number of carbonyl (C=O) groups excluding carboxylic acids is 1. The second kappa shape index (κ2) is 8.40. The second-order valence-electron chi connectivity index (χ2n) is 7.76. The van der Waals surface area contributed by atoms with Gasteiger partial charge < -0.3 is 5.32 Å². The monoisotopic (exact) mass is 441 g/mol. The molecule has 5 rings (SSSR count). The fourth-order valence-electron chi connectivity index (χ4n) is 3.78. The van der Waals surface area contributed by atoms with E-state index < -0.39 is 0 Å². The summed E-state index contributed by atoms with van der Waals surface area (Å²) in [6.45, 7) is 2.40. The Morgan fingerprint density at radius 1 is 1.03 bits per heavy atom. The highest BCUT2D eigenvalue weighted by Crippen LogP contribution is 2.20. The fourth-order valence-corrected chi connectivity index (χ4v) is 3.94. The predicted octanol–water partition coefficient (Wildman–Crippen LogP) is 4.99. The molecule has 1 amide bonds. The molecule has 0 bridgehead atoms. The summed E-state index contributed by atoms with van der Waals surface area (Å²) in [7, 11) is 0. The Hall–Kier alpha value is -3.77. The lowest BCUT2D eigenvalue weighted by atomic mass is 10.0. The van der Waals surface area contributed by atoms with Crippen LogP contribution in [0.5, 0.6) is 0 Å². The smallest absolute Gasteiger partial charge is 0.251 e. The molecule has 158 valence electrons. The van der Waals surface area contributed by atoms with Crippen molar-refractivity contribution < 1.29 is 4.79 Å². The Labute approximate surface area is 189 Å². The van der Waals surface area contributed by atoms with Crippen molar-refractivity contribution in [3.63, 3.8) is 0 Å². The molecule has 3 aromatic heterocycles. The molecule has 0 fully saturated rings. The first kappa shape index (κ1) is 20.2. The van der Waals surface area contributed by atoms with Gasteiger partial charge in [0.05, 0.1) is 21.7 Å². The van der Waals surface area contributed by atoms with Gasteiger partial charge in [0, 0.05) is 47.4 Å². The first-order chi connectivity index (χ1) is 15.5. The molecule has 0 aliphatic carbocycles. The second-order valence-corrected chi connectivity index (χ2v) is 8.20. The third-order valence-corrected chi connectivity index (χ3v) is 5.65. The zero-order valence-electron chi connectivity index (χ0n) is 17.4. The van der Waals surface area contributed by atoms with E-state index in [4.69, 9.17) is 11.6 Å². The van der Waals surface area contributed by atoms with Gasteiger partial charge >= 0.3 is 0 Å². The number of hydrogen-bond acceptors (Lipinski definition) is 4. The van der Waals surface area contributed by atoms with Crippen LogP contribution in [0.25, 0.3) is 21.8 Å². The van der Waals surface area contributed by atoms with Gasteiger partial charge in [-0.1, -0.05) is 23.7 Å². The van der Waals surface area contributed by atoms with Gasteiger partial charge in [-0.25, -0.2) is 0 Å². The Morgan fingerprint density at radius 3 is 2.81 bits per heavy atom. The molecule has 2 aromatic carbocycles. The van der Waals surface area contributed by atoms with Crippen LogP contribution in [-0.2, 0) is 13.0 Å². The lowest BCUT2D eigenvalue weighted by Gasteiger charge is -2.08. The maximum atomic E-state index is 12.7. The van der Waals surface area contributed by atoms with E-state index >= 15 is 0 Å². The Bertz CT molecular complexity index is 1460. The van der Waals surface area contributed by atoms with Crippen LogP contribution in [0.3, 0.4) is 0 Å². The van der Waals surface area contributed by atoms with Crippen molar-refractivity contribution in [2.24, 2.45) is 0 Å². The average molecular weight is 442 g/mol. The molecule has 3 heterocycles. The summed E-state index contributed by atoms with van der Waals surface area (Å²) in [5.41, 5.74) is 6.33. The first-order valence-electron chi connectivity index (χ1n) is 10.3. The maximum absolute atomic E-state index is 12.7. The van der Waals surface area contributed by atoms with Gasteiger partial charge in [-0.15, -0.1) is 0 Å². The molecule has 0 saturated carbocycles. The van der Waals surface area contributed by atoms with Gasteiger partial charge in [0.25, 0.3) is 5.91 Å². The molecule has 0 aliphatic rings. The number of halogens is 1. The van der Waals surface area contributed by atoms with Crippen LogP contribution in [0, 0.1) is 6.92 Å². The van der Waals surface area contributed by atoms with E-state index in [2.05, 4.69) is 31.5 Å². The minimum absolute atomic E-state index is 0.132. The van der Waals surface area contributed by atoms with E-state index in [9.17, 15) is 4.79 Å². The summed E-state index contributed by atoms with van der Waals surface area (Å²) in [6.07, 6.45) is 3.92. The van der Waals surface area contributed by atoms with Crippen molar-refractivity contribution in [3.8, 4) is 0 Å². The van der Waals surface area contributed by atoms with Crippen LogP contribution >= 0.6 is 11.6 Å². The van der Waals surface area contributed by atoms with Crippen LogP contribution in [-0.4, -0.2) is 26.1 Å². The number of aromatic amines is 1. The van der Waals surface area contributed by atoms with Gasteiger partial charge in [0.1, 0.15) is 0 Å². The number of aromatic nitrogens is 4. The number of H-pyrrole nitrogens is 1. The van der Waals surface area contributed by atoms with Crippen LogP contribution in [0.15, 0.2) is 67.0 Å². The summed E-state index contributed by atoms with van der Waals surface area (Å²) in [5, 5.41) is 12.8. The molecule has 6 nitrogen and oxygen atoms in total. The Morgan fingerprint density at radius 2 is 1.91 bits per heavy atom. The number of amides is 1. The molecular formula is C25H20ClN5O. The number of nitrogens with zero attached hydrogens (tertiary/aromatic N) is 3. The average Bonchev–Trinajstić information content (AvgIpc) is 3.17. The Kier molecular flexibility index (Phi) is 5.29. The zero-order chi connectivity index (χ0) is 22.1. The molecule has 0 atom stereocenters. The van der Waals surface area contributed by atoms with Gasteiger partial charge in [-0.3, -0.25) is 19.9 Å². The quantitative estimate of drug-likeness (QED) is 0.402.